The third kappa shape index (κ3) is 2.26. The Labute approximate surface area is 131 Å². The Kier molecular flexibility index (Phi) is 3.23. The van der Waals surface area contributed by atoms with Crippen LogP contribution in [0.3, 0.4) is 0 Å². The molecule has 1 aliphatic carbocycles. The summed E-state index contributed by atoms with van der Waals surface area (Å²) in [6.07, 6.45) is 3.73. The van der Waals surface area contributed by atoms with E-state index in [0.29, 0.717) is 0 Å². The zero-order valence-electron chi connectivity index (χ0n) is 11.5. The molecule has 2 aromatic rings. The molecule has 1 aliphatic heterocycles. The molecule has 0 radical (unpaired) electrons. The number of carbonyl (C=O) groups is 1. The molecule has 4 nitrogen and oxygen atoms in total. The molecule has 0 amide bonds. The molecule has 0 spiro atoms. The minimum atomic E-state index is -0.730. The second-order valence-electron chi connectivity index (χ2n) is 5.63. The SMILES string of the molecule is O=C(O)C1CCCc2sc(N3CCc4sccc4C3)nc21. The van der Waals surface area contributed by atoms with Crippen LogP contribution in [0.15, 0.2) is 11.4 Å². The fraction of sp³-hybridized carbons (Fsp3) is 0.467. The summed E-state index contributed by atoms with van der Waals surface area (Å²) in [4.78, 5) is 21.1. The highest BCUT2D eigenvalue weighted by Gasteiger charge is 2.31. The Morgan fingerprint density at radius 1 is 1.38 bits per heavy atom. The van der Waals surface area contributed by atoms with Crippen molar-refractivity contribution in [3.8, 4) is 0 Å². The van der Waals surface area contributed by atoms with Gasteiger partial charge >= 0.3 is 5.97 Å². The van der Waals surface area contributed by atoms with Crippen molar-refractivity contribution in [1.82, 2.24) is 4.98 Å². The van der Waals surface area contributed by atoms with Crippen molar-refractivity contribution in [2.75, 3.05) is 11.4 Å². The number of aryl methyl sites for hydroxylation is 1. The van der Waals surface area contributed by atoms with E-state index in [4.69, 9.17) is 4.98 Å². The van der Waals surface area contributed by atoms with Crippen LogP contribution in [0.1, 0.15) is 39.8 Å². The van der Waals surface area contributed by atoms with Crippen molar-refractivity contribution in [2.24, 2.45) is 0 Å². The van der Waals surface area contributed by atoms with Crippen molar-refractivity contribution < 1.29 is 9.90 Å². The lowest BCUT2D eigenvalue weighted by atomic mass is 9.91. The standard InChI is InChI=1S/C15H16N2O2S2/c18-14(19)10-2-1-3-12-13(10)16-15(21-12)17-6-4-11-9(8-17)5-7-20-11/h5,7,10H,1-4,6,8H2,(H,18,19). The third-order valence-electron chi connectivity index (χ3n) is 4.32. The van der Waals surface area contributed by atoms with Crippen LogP contribution < -0.4 is 4.90 Å². The number of rotatable bonds is 2. The minimum Gasteiger partial charge on any atom is -0.481 e. The predicted octanol–water partition coefficient (Wildman–Crippen LogP) is 3.27. The number of nitrogens with zero attached hydrogens (tertiary/aromatic N) is 2. The third-order valence-corrected chi connectivity index (χ3v) is 6.53. The first-order valence-electron chi connectivity index (χ1n) is 7.25. The lowest BCUT2D eigenvalue weighted by Crippen LogP contribution is -2.29. The topological polar surface area (TPSA) is 53.4 Å². The van der Waals surface area contributed by atoms with Gasteiger partial charge in [-0.2, -0.15) is 0 Å². The first-order valence-corrected chi connectivity index (χ1v) is 8.94. The summed E-state index contributed by atoms with van der Waals surface area (Å²) in [6.45, 7) is 1.89. The summed E-state index contributed by atoms with van der Waals surface area (Å²) in [7, 11) is 0. The number of fused-ring (bicyclic) bond motifs is 2. The number of carboxylic acid groups (broad SMARTS) is 1. The number of thiophene rings is 1. The van der Waals surface area contributed by atoms with E-state index in [1.807, 2.05) is 11.3 Å². The molecule has 4 rings (SSSR count). The second kappa shape index (κ2) is 5.10. The molecule has 3 heterocycles. The van der Waals surface area contributed by atoms with E-state index < -0.39 is 11.9 Å². The van der Waals surface area contributed by atoms with Crippen LogP contribution in [0.5, 0.6) is 0 Å². The van der Waals surface area contributed by atoms with E-state index in [0.717, 1.165) is 49.6 Å². The van der Waals surface area contributed by atoms with Crippen LogP contribution in [-0.2, 0) is 24.2 Å². The highest BCUT2D eigenvalue weighted by Crippen LogP contribution is 2.39. The molecule has 1 N–H and O–H groups in total. The summed E-state index contributed by atoms with van der Waals surface area (Å²) in [5, 5.41) is 12.5. The van der Waals surface area contributed by atoms with E-state index in [9.17, 15) is 9.90 Å². The average Bonchev–Trinajstić information content (AvgIpc) is 3.11. The zero-order chi connectivity index (χ0) is 14.4. The molecule has 110 valence electrons. The van der Waals surface area contributed by atoms with Crippen LogP contribution in [0.4, 0.5) is 5.13 Å². The average molecular weight is 320 g/mol. The smallest absolute Gasteiger partial charge is 0.312 e. The first kappa shape index (κ1) is 13.3. The van der Waals surface area contributed by atoms with Gasteiger partial charge in [-0.25, -0.2) is 4.98 Å². The van der Waals surface area contributed by atoms with Gasteiger partial charge in [-0.05, 0) is 42.7 Å². The number of hydrogen-bond acceptors (Lipinski definition) is 5. The molecular weight excluding hydrogens is 304 g/mol. The molecular formula is C15H16N2O2S2. The van der Waals surface area contributed by atoms with Gasteiger partial charge in [0, 0.05) is 22.8 Å². The molecule has 2 aromatic heterocycles. The summed E-state index contributed by atoms with van der Waals surface area (Å²) in [5.74, 6) is -1.13. The summed E-state index contributed by atoms with van der Waals surface area (Å²) < 4.78 is 0. The Morgan fingerprint density at radius 3 is 3.14 bits per heavy atom. The van der Waals surface area contributed by atoms with Crippen molar-refractivity contribution in [2.45, 2.75) is 38.1 Å². The Balaban J connectivity index is 1.64. The Morgan fingerprint density at radius 2 is 2.29 bits per heavy atom. The van der Waals surface area contributed by atoms with E-state index in [1.165, 1.54) is 15.3 Å². The molecule has 0 bridgehead atoms. The second-order valence-corrected chi connectivity index (χ2v) is 7.69. The first-order chi connectivity index (χ1) is 10.2. The van der Waals surface area contributed by atoms with E-state index in [1.54, 1.807) is 11.3 Å². The van der Waals surface area contributed by atoms with Crippen molar-refractivity contribution in [3.63, 3.8) is 0 Å². The van der Waals surface area contributed by atoms with Gasteiger partial charge < -0.3 is 10.0 Å². The number of carboxylic acids is 1. The van der Waals surface area contributed by atoms with Gasteiger partial charge in [-0.3, -0.25) is 4.79 Å². The maximum atomic E-state index is 11.4. The number of aliphatic carboxylic acids is 1. The highest BCUT2D eigenvalue weighted by atomic mass is 32.1. The van der Waals surface area contributed by atoms with E-state index >= 15 is 0 Å². The normalized spacial score (nSPS) is 21.0. The number of thiazole rings is 1. The maximum absolute atomic E-state index is 11.4. The van der Waals surface area contributed by atoms with Crippen molar-refractivity contribution >= 4 is 33.8 Å². The number of anilines is 1. The zero-order valence-corrected chi connectivity index (χ0v) is 13.2. The van der Waals surface area contributed by atoms with Crippen LogP contribution in [0, 0.1) is 0 Å². The molecule has 0 aromatic carbocycles. The van der Waals surface area contributed by atoms with Crippen LogP contribution in [0.2, 0.25) is 0 Å². The molecule has 1 unspecified atom stereocenters. The molecule has 6 heteroatoms. The Hall–Kier alpha value is -1.40. The fourth-order valence-electron chi connectivity index (χ4n) is 3.19. The molecule has 1 atom stereocenters. The van der Waals surface area contributed by atoms with Gasteiger partial charge in [0.2, 0.25) is 0 Å². The largest absolute Gasteiger partial charge is 0.481 e. The minimum absolute atomic E-state index is 0.403. The van der Waals surface area contributed by atoms with E-state index in [-0.39, 0.29) is 0 Å². The molecule has 2 aliphatic rings. The van der Waals surface area contributed by atoms with Crippen LogP contribution in [0.25, 0.3) is 0 Å². The number of hydrogen-bond donors (Lipinski definition) is 1. The molecule has 0 saturated carbocycles. The van der Waals surface area contributed by atoms with Gasteiger partial charge in [-0.1, -0.05) is 0 Å². The molecule has 0 fully saturated rings. The van der Waals surface area contributed by atoms with E-state index in [2.05, 4.69) is 16.3 Å². The van der Waals surface area contributed by atoms with Gasteiger partial charge in [0.25, 0.3) is 0 Å². The Bertz CT molecular complexity index is 692. The van der Waals surface area contributed by atoms with Gasteiger partial charge in [0.05, 0.1) is 5.69 Å². The van der Waals surface area contributed by atoms with Crippen LogP contribution >= 0.6 is 22.7 Å². The monoisotopic (exact) mass is 320 g/mol. The summed E-state index contributed by atoms with van der Waals surface area (Å²) in [6, 6.07) is 2.19. The maximum Gasteiger partial charge on any atom is 0.312 e. The number of aromatic nitrogens is 1. The van der Waals surface area contributed by atoms with Crippen molar-refractivity contribution in [1.29, 1.82) is 0 Å². The van der Waals surface area contributed by atoms with Crippen LogP contribution in [-0.4, -0.2) is 22.6 Å². The van der Waals surface area contributed by atoms with Gasteiger partial charge in [0.1, 0.15) is 5.92 Å². The molecule has 0 saturated heterocycles. The summed E-state index contributed by atoms with van der Waals surface area (Å²) in [5.41, 5.74) is 2.22. The lowest BCUT2D eigenvalue weighted by molar-refractivity contribution is -0.139. The predicted molar refractivity (Wildman–Crippen MR) is 84.5 cm³/mol. The fourth-order valence-corrected chi connectivity index (χ4v) is 5.27. The van der Waals surface area contributed by atoms with Crippen molar-refractivity contribution in [3.05, 3.63) is 32.5 Å². The van der Waals surface area contributed by atoms with Gasteiger partial charge in [0.15, 0.2) is 5.13 Å². The quantitative estimate of drug-likeness (QED) is 0.922. The highest BCUT2D eigenvalue weighted by molar-refractivity contribution is 7.15. The molecule has 21 heavy (non-hydrogen) atoms. The van der Waals surface area contributed by atoms with Gasteiger partial charge in [-0.15, -0.1) is 22.7 Å². The summed E-state index contributed by atoms with van der Waals surface area (Å²) >= 11 is 3.53. The lowest BCUT2D eigenvalue weighted by Gasteiger charge is -2.26.